The van der Waals surface area contributed by atoms with Gasteiger partial charge in [-0.1, -0.05) is 100 Å². The van der Waals surface area contributed by atoms with E-state index < -0.39 is 0 Å². The minimum Gasteiger partial charge on any atom is -0.138 e. The Morgan fingerprint density at radius 2 is 0.630 bits per heavy atom. The molecule has 0 amide bonds. The van der Waals surface area contributed by atoms with E-state index in [0.29, 0.717) is 0 Å². The van der Waals surface area contributed by atoms with Crippen LogP contribution < -0.4 is 0 Å². The summed E-state index contributed by atoms with van der Waals surface area (Å²) in [5.41, 5.74) is 0. The fourth-order valence-electron chi connectivity index (χ4n) is 5.30. The van der Waals surface area contributed by atoms with Gasteiger partial charge in [-0.25, -0.2) is 0 Å². The molecule has 2 unspecified atom stereocenters. The Kier molecular flexibility index (Phi) is 26.0. The normalized spacial score (nSPS) is 25.8. The van der Waals surface area contributed by atoms with E-state index in [1.165, 1.54) is 50.8 Å². The van der Waals surface area contributed by atoms with Crippen LogP contribution in [0.4, 0.5) is 0 Å². The van der Waals surface area contributed by atoms with Gasteiger partial charge in [0.25, 0.3) is 0 Å². The highest BCUT2D eigenvalue weighted by molar-refractivity contribution is 7.16. The molecule has 3 saturated carbocycles. The van der Waals surface area contributed by atoms with Crippen LogP contribution in [0, 0.1) is 23.7 Å². The van der Waals surface area contributed by atoms with Gasteiger partial charge < -0.3 is 0 Å². The van der Waals surface area contributed by atoms with Crippen molar-refractivity contribution in [1.82, 2.24) is 0 Å². The lowest BCUT2D eigenvalue weighted by molar-refractivity contribution is 0.123. The molecule has 0 nitrogen and oxygen atoms in total. The highest BCUT2D eigenvalue weighted by Gasteiger charge is 2.32. The van der Waals surface area contributed by atoms with Crippen LogP contribution in [-0.4, -0.2) is 12.3 Å². The Morgan fingerprint density at radius 3 is 0.852 bits per heavy atom. The summed E-state index contributed by atoms with van der Waals surface area (Å²) in [7, 11) is 5.16. The largest absolute Gasteiger partial charge is 0.138 e. The fraction of sp³-hybridized carbons (Fsp3) is 1.00. The van der Waals surface area contributed by atoms with Gasteiger partial charge in [-0.2, -0.15) is 0 Å². The minimum absolute atomic E-state index is 0. The second-order valence-corrected chi connectivity index (χ2v) is 9.92. The van der Waals surface area contributed by atoms with E-state index in [9.17, 15) is 0 Å². The van der Waals surface area contributed by atoms with Crippen molar-refractivity contribution in [1.29, 1.82) is 0 Å². The van der Waals surface area contributed by atoms with Crippen molar-refractivity contribution in [3.63, 3.8) is 0 Å². The van der Waals surface area contributed by atoms with Crippen LogP contribution in [0.3, 0.4) is 0 Å². The average molecular weight is 421 g/mol. The molecule has 3 aliphatic rings. The van der Waals surface area contributed by atoms with Crippen molar-refractivity contribution in [2.45, 2.75) is 126 Å². The molecule has 3 fully saturated rings. The summed E-state index contributed by atoms with van der Waals surface area (Å²) in [5.74, 6) is 4.52. The SMILES string of the molecule is C.C.C.C1CCC(C2CCC(C3CCCCC3)CC2)CC1.CCP.CCP. The lowest BCUT2D eigenvalue weighted by Gasteiger charge is -2.39. The van der Waals surface area contributed by atoms with Gasteiger partial charge in [0.15, 0.2) is 0 Å². The van der Waals surface area contributed by atoms with E-state index in [2.05, 4.69) is 32.3 Å². The molecule has 2 heteroatoms. The molecule has 0 N–H and O–H groups in total. The molecule has 27 heavy (non-hydrogen) atoms. The van der Waals surface area contributed by atoms with E-state index in [1.54, 1.807) is 51.4 Å². The molecule has 0 saturated heterocycles. The predicted molar refractivity (Wildman–Crippen MR) is 139 cm³/mol. The van der Waals surface area contributed by atoms with Crippen molar-refractivity contribution >= 4 is 18.5 Å². The standard InChI is InChI=1S/C18H32.2C2H7P.3CH4/c1-3-7-15(8-4-1)17-11-13-18(14-12-17)16-9-5-2-6-10-16;2*1-2-3;;;/h15-18H,1-14H2;2*2-3H2,1H3;3*1H4. The maximum absolute atomic E-state index is 2.58. The molecular formula is C25H58P2. The zero-order chi connectivity index (χ0) is 17.6. The molecule has 0 aromatic heterocycles. The first-order valence-corrected chi connectivity index (χ1v) is 12.8. The third-order valence-electron chi connectivity index (χ3n) is 6.45. The summed E-state index contributed by atoms with van der Waals surface area (Å²) >= 11 is 0. The van der Waals surface area contributed by atoms with Crippen molar-refractivity contribution in [3.8, 4) is 0 Å². The Balaban J connectivity index is -0.000000573. The van der Waals surface area contributed by atoms with Crippen LogP contribution in [0.2, 0.25) is 0 Å². The van der Waals surface area contributed by atoms with E-state index in [0.717, 1.165) is 23.7 Å². The third kappa shape index (κ3) is 13.7. The number of hydrogen-bond acceptors (Lipinski definition) is 0. The van der Waals surface area contributed by atoms with Gasteiger partial charge in [-0.05, 0) is 61.7 Å². The molecule has 0 aromatic carbocycles. The van der Waals surface area contributed by atoms with Crippen LogP contribution in [0.5, 0.6) is 0 Å². The molecule has 3 rings (SSSR count). The van der Waals surface area contributed by atoms with Crippen LogP contribution in [0.1, 0.15) is 126 Å². The molecule has 0 bridgehead atoms. The lowest BCUT2D eigenvalue weighted by Crippen LogP contribution is -2.27. The topological polar surface area (TPSA) is 0 Å². The summed E-state index contributed by atoms with van der Waals surface area (Å²) in [5, 5.41) is 0. The summed E-state index contributed by atoms with van der Waals surface area (Å²) in [4.78, 5) is 0. The predicted octanol–water partition coefficient (Wildman–Crippen LogP) is 9.62. The Morgan fingerprint density at radius 1 is 0.444 bits per heavy atom. The van der Waals surface area contributed by atoms with E-state index in [4.69, 9.17) is 0 Å². The summed E-state index contributed by atoms with van der Waals surface area (Å²) in [6, 6.07) is 0. The Hall–Kier alpha value is 0.860. The summed E-state index contributed by atoms with van der Waals surface area (Å²) < 4.78 is 0. The smallest absolute Gasteiger partial charge is 0.0386 e. The first-order valence-electron chi connectivity index (χ1n) is 11.2. The molecule has 3 aliphatic carbocycles. The zero-order valence-electron chi connectivity index (χ0n) is 16.8. The molecule has 2 atom stereocenters. The first-order chi connectivity index (χ1) is 11.8. The fourth-order valence-corrected chi connectivity index (χ4v) is 5.30. The molecule has 0 aromatic rings. The molecule has 168 valence electrons. The van der Waals surface area contributed by atoms with Gasteiger partial charge >= 0.3 is 0 Å². The summed E-state index contributed by atoms with van der Waals surface area (Å²) in [6.07, 6.45) is 24.1. The second-order valence-electron chi connectivity index (χ2n) is 8.29. The number of rotatable bonds is 2. The molecule has 0 spiro atoms. The van der Waals surface area contributed by atoms with Crippen LogP contribution in [0.15, 0.2) is 0 Å². The molecule has 0 heterocycles. The molecule has 0 radical (unpaired) electrons. The van der Waals surface area contributed by atoms with E-state index in [-0.39, 0.29) is 22.3 Å². The minimum atomic E-state index is 0. The van der Waals surface area contributed by atoms with Crippen LogP contribution in [0.25, 0.3) is 0 Å². The van der Waals surface area contributed by atoms with Crippen molar-refractivity contribution < 1.29 is 0 Å². The highest BCUT2D eigenvalue weighted by Crippen LogP contribution is 2.44. The van der Waals surface area contributed by atoms with Gasteiger partial charge in [0, 0.05) is 0 Å². The lowest BCUT2D eigenvalue weighted by atomic mass is 9.66. The monoisotopic (exact) mass is 420 g/mol. The highest BCUT2D eigenvalue weighted by atomic mass is 31.0. The van der Waals surface area contributed by atoms with E-state index in [1.807, 2.05) is 0 Å². The maximum atomic E-state index is 2.58. The van der Waals surface area contributed by atoms with Crippen LogP contribution in [-0.2, 0) is 0 Å². The first kappa shape index (κ1) is 32.5. The van der Waals surface area contributed by atoms with Crippen LogP contribution >= 0.6 is 18.5 Å². The third-order valence-corrected chi connectivity index (χ3v) is 6.45. The van der Waals surface area contributed by atoms with Gasteiger partial charge in [-0.15, -0.1) is 18.5 Å². The van der Waals surface area contributed by atoms with E-state index >= 15 is 0 Å². The Bertz CT molecular complexity index is 231. The summed E-state index contributed by atoms with van der Waals surface area (Å²) in [6.45, 7) is 4.18. The van der Waals surface area contributed by atoms with Gasteiger partial charge in [0.05, 0.1) is 0 Å². The second kappa shape index (κ2) is 21.6. The maximum Gasteiger partial charge on any atom is -0.0386 e. The Labute approximate surface area is 180 Å². The molecule has 0 aliphatic heterocycles. The number of hydrogen-bond donors (Lipinski definition) is 0. The average Bonchev–Trinajstić information content (AvgIpc) is 2.65. The van der Waals surface area contributed by atoms with Gasteiger partial charge in [-0.3, -0.25) is 0 Å². The molecular weight excluding hydrogens is 362 g/mol. The zero-order valence-corrected chi connectivity index (χ0v) is 19.1. The van der Waals surface area contributed by atoms with Gasteiger partial charge in [0.2, 0.25) is 0 Å². The van der Waals surface area contributed by atoms with Gasteiger partial charge in [0.1, 0.15) is 0 Å². The van der Waals surface area contributed by atoms with Crippen molar-refractivity contribution in [2.75, 3.05) is 12.3 Å². The quantitative estimate of drug-likeness (QED) is 0.390. The van der Waals surface area contributed by atoms with Crippen molar-refractivity contribution in [3.05, 3.63) is 0 Å². The van der Waals surface area contributed by atoms with Crippen molar-refractivity contribution in [2.24, 2.45) is 23.7 Å².